The maximum Gasteiger partial charge on any atom is 0.266 e. The van der Waals surface area contributed by atoms with Crippen LogP contribution in [0.5, 0.6) is 5.75 Å². The Morgan fingerprint density at radius 3 is 2.79 bits per heavy atom. The minimum absolute atomic E-state index is 0.0283. The molecule has 8 heteroatoms. The fourth-order valence-corrected chi connectivity index (χ4v) is 5.57. The number of rotatable bonds is 5. The van der Waals surface area contributed by atoms with Crippen molar-refractivity contribution >= 4 is 21.4 Å². The summed E-state index contributed by atoms with van der Waals surface area (Å²) >= 11 is 0. The van der Waals surface area contributed by atoms with Crippen LogP contribution in [0.15, 0.2) is 47.6 Å². The third-order valence-corrected chi connectivity index (χ3v) is 7.51. The van der Waals surface area contributed by atoms with E-state index in [1.807, 2.05) is 6.07 Å². The molecule has 1 amide bonds. The number of carbonyl (C=O) groups is 1. The second-order valence-electron chi connectivity index (χ2n) is 7.64. The molecule has 0 aliphatic heterocycles. The first-order chi connectivity index (χ1) is 14.0. The molecule has 0 spiro atoms. The Morgan fingerprint density at radius 2 is 2.07 bits per heavy atom. The smallest absolute Gasteiger partial charge is 0.266 e. The van der Waals surface area contributed by atoms with Crippen LogP contribution in [0.3, 0.4) is 0 Å². The fourth-order valence-electron chi connectivity index (χ4n) is 4.36. The molecule has 1 atom stereocenters. The third kappa shape index (κ3) is 2.81. The number of ether oxygens (including phenoxy) is 1. The van der Waals surface area contributed by atoms with Crippen LogP contribution in [-0.2, 0) is 21.2 Å². The van der Waals surface area contributed by atoms with Crippen molar-refractivity contribution in [3.63, 3.8) is 0 Å². The van der Waals surface area contributed by atoms with E-state index >= 15 is 0 Å². The summed E-state index contributed by atoms with van der Waals surface area (Å²) in [5, 5.41) is 4.05. The Labute approximate surface area is 168 Å². The van der Waals surface area contributed by atoms with Gasteiger partial charge in [-0.1, -0.05) is 12.5 Å². The molecule has 2 heterocycles. The molecule has 1 unspecified atom stereocenters. The molecule has 0 saturated heterocycles. The molecule has 2 aliphatic carbocycles. The van der Waals surface area contributed by atoms with Crippen LogP contribution in [0.2, 0.25) is 0 Å². The monoisotopic (exact) mass is 411 g/mol. The SMILES string of the molecule is COc1ccc(C2CCC2)c2c1C(C(=O)NS(=O)(=O)c1cccn3nccc13)C2. The summed E-state index contributed by atoms with van der Waals surface area (Å²) < 4.78 is 35.0. The van der Waals surface area contributed by atoms with E-state index in [-0.39, 0.29) is 4.90 Å². The lowest BCUT2D eigenvalue weighted by atomic mass is 9.68. The number of hydrogen-bond donors (Lipinski definition) is 1. The standard InChI is InChI=1S/C21H21N3O4S/c1-28-18-8-7-14(13-4-2-5-13)15-12-16(20(15)18)21(25)23-29(26,27)19-6-3-11-24-17(19)9-10-22-24/h3,6-11,13,16H,2,4-5,12H2,1H3,(H,23,25). The Kier molecular flexibility index (Phi) is 4.13. The zero-order chi connectivity index (χ0) is 20.2. The van der Waals surface area contributed by atoms with Gasteiger partial charge in [-0.05, 0) is 60.6 Å². The quantitative estimate of drug-likeness (QED) is 0.697. The molecule has 1 aromatic carbocycles. The maximum atomic E-state index is 12.9. The Bertz CT molecular complexity index is 1230. The summed E-state index contributed by atoms with van der Waals surface area (Å²) in [7, 11) is -2.45. The van der Waals surface area contributed by atoms with Gasteiger partial charge >= 0.3 is 0 Å². The average Bonchev–Trinajstić information content (AvgIpc) is 3.09. The van der Waals surface area contributed by atoms with Gasteiger partial charge in [-0.25, -0.2) is 17.7 Å². The van der Waals surface area contributed by atoms with Gasteiger partial charge in [-0.2, -0.15) is 5.10 Å². The van der Waals surface area contributed by atoms with E-state index in [9.17, 15) is 13.2 Å². The van der Waals surface area contributed by atoms with E-state index in [0.717, 1.165) is 11.1 Å². The van der Waals surface area contributed by atoms with Crippen molar-refractivity contribution in [1.82, 2.24) is 14.3 Å². The molecule has 0 radical (unpaired) electrons. The average molecular weight is 411 g/mol. The highest BCUT2D eigenvalue weighted by molar-refractivity contribution is 7.90. The van der Waals surface area contributed by atoms with Gasteiger partial charge in [0.15, 0.2) is 0 Å². The van der Waals surface area contributed by atoms with Gasteiger partial charge in [0.05, 0.1) is 24.7 Å². The van der Waals surface area contributed by atoms with Crippen LogP contribution in [0.1, 0.15) is 47.8 Å². The molecule has 150 valence electrons. The lowest BCUT2D eigenvalue weighted by Crippen LogP contribution is -2.40. The van der Waals surface area contributed by atoms with Gasteiger partial charge in [0.25, 0.3) is 10.0 Å². The maximum absolute atomic E-state index is 12.9. The molecule has 3 aromatic rings. The van der Waals surface area contributed by atoms with Gasteiger partial charge in [0.1, 0.15) is 10.6 Å². The molecule has 5 rings (SSSR count). The minimum Gasteiger partial charge on any atom is -0.496 e. The van der Waals surface area contributed by atoms with Gasteiger partial charge < -0.3 is 4.74 Å². The molecular weight excluding hydrogens is 390 g/mol. The zero-order valence-electron chi connectivity index (χ0n) is 16.0. The first-order valence-electron chi connectivity index (χ1n) is 9.68. The number of hydrogen-bond acceptors (Lipinski definition) is 5. The Morgan fingerprint density at radius 1 is 1.24 bits per heavy atom. The Balaban J connectivity index is 1.45. The summed E-state index contributed by atoms with van der Waals surface area (Å²) in [5.74, 6) is 0.133. The highest BCUT2D eigenvalue weighted by Gasteiger charge is 2.40. The molecule has 7 nitrogen and oxygen atoms in total. The predicted octanol–water partition coefficient (Wildman–Crippen LogP) is 2.76. The van der Waals surface area contributed by atoms with Crippen LogP contribution in [0, 0.1) is 0 Å². The number of pyridine rings is 1. The first-order valence-corrected chi connectivity index (χ1v) is 11.2. The van der Waals surface area contributed by atoms with Crippen LogP contribution in [-0.4, -0.2) is 31.0 Å². The molecule has 29 heavy (non-hydrogen) atoms. The van der Waals surface area contributed by atoms with E-state index in [2.05, 4.69) is 15.9 Å². The minimum atomic E-state index is -4.02. The van der Waals surface area contributed by atoms with Crippen LogP contribution in [0.25, 0.3) is 5.52 Å². The molecule has 1 N–H and O–H groups in total. The zero-order valence-corrected chi connectivity index (χ0v) is 16.8. The summed E-state index contributed by atoms with van der Waals surface area (Å²) in [5.41, 5.74) is 3.67. The largest absolute Gasteiger partial charge is 0.496 e. The van der Waals surface area contributed by atoms with Crippen molar-refractivity contribution in [2.75, 3.05) is 7.11 Å². The molecule has 2 aromatic heterocycles. The third-order valence-electron chi connectivity index (χ3n) is 6.11. The van der Waals surface area contributed by atoms with E-state index in [1.165, 1.54) is 41.6 Å². The van der Waals surface area contributed by atoms with E-state index in [0.29, 0.717) is 23.6 Å². The molecule has 1 saturated carbocycles. The topological polar surface area (TPSA) is 89.8 Å². The molecule has 0 bridgehead atoms. The highest BCUT2D eigenvalue weighted by atomic mass is 32.2. The summed E-state index contributed by atoms with van der Waals surface area (Å²) in [6.07, 6.45) is 7.28. The lowest BCUT2D eigenvalue weighted by molar-refractivity contribution is -0.121. The van der Waals surface area contributed by atoms with Gasteiger partial charge in [0, 0.05) is 11.8 Å². The predicted molar refractivity (Wildman–Crippen MR) is 107 cm³/mol. The number of nitrogens with one attached hydrogen (secondary N) is 1. The summed E-state index contributed by atoms with van der Waals surface area (Å²) in [4.78, 5) is 12.9. The van der Waals surface area contributed by atoms with Crippen molar-refractivity contribution in [3.8, 4) is 5.75 Å². The van der Waals surface area contributed by atoms with Crippen molar-refractivity contribution in [2.24, 2.45) is 0 Å². The highest BCUT2D eigenvalue weighted by Crippen LogP contribution is 2.49. The van der Waals surface area contributed by atoms with Crippen molar-refractivity contribution in [3.05, 3.63) is 59.4 Å². The molecule has 1 fully saturated rings. The first kappa shape index (κ1) is 18.2. The summed E-state index contributed by atoms with van der Waals surface area (Å²) in [6, 6.07) is 8.65. The number of aromatic nitrogens is 2. The van der Waals surface area contributed by atoms with Crippen molar-refractivity contribution in [1.29, 1.82) is 0 Å². The number of fused-ring (bicyclic) bond motifs is 2. The Hall–Kier alpha value is -2.87. The van der Waals surface area contributed by atoms with Crippen molar-refractivity contribution in [2.45, 2.75) is 42.4 Å². The van der Waals surface area contributed by atoms with Gasteiger partial charge in [-0.15, -0.1) is 0 Å². The number of nitrogens with zero attached hydrogens (tertiary/aromatic N) is 2. The second-order valence-corrected chi connectivity index (χ2v) is 9.29. The number of amides is 1. The van der Waals surface area contributed by atoms with Gasteiger partial charge in [-0.3, -0.25) is 4.79 Å². The second kappa shape index (κ2) is 6.59. The van der Waals surface area contributed by atoms with E-state index < -0.39 is 21.8 Å². The lowest BCUT2D eigenvalue weighted by Gasteiger charge is -2.37. The van der Waals surface area contributed by atoms with Crippen LogP contribution in [0.4, 0.5) is 0 Å². The number of methoxy groups -OCH3 is 1. The van der Waals surface area contributed by atoms with Gasteiger partial charge in [0.2, 0.25) is 5.91 Å². The van der Waals surface area contributed by atoms with E-state index in [1.54, 1.807) is 25.4 Å². The fraction of sp³-hybridized carbons (Fsp3) is 0.333. The normalized spacial score (nSPS) is 18.6. The number of benzene rings is 1. The van der Waals surface area contributed by atoms with E-state index in [4.69, 9.17) is 4.74 Å². The molecule has 2 aliphatic rings. The van der Waals surface area contributed by atoms with Crippen LogP contribution < -0.4 is 9.46 Å². The van der Waals surface area contributed by atoms with Crippen molar-refractivity contribution < 1.29 is 17.9 Å². The molecular formula is C21H21N3O4S. The van der Waals surface area contributed by atoms with Crippen LogP contribution >= 0.6 is 0 Å². The number of sulfonamides is 1. The summed E-state index contributed by atoms with van der Waals surface area (Å²) in [6.45, 7) is 0. The number of carbonyl (C=O) groups excluding carboxylic acids is 1.